The minimum atomic E-state index is -0.307. The van der Waals surface area contributed by atoms with E-state index in [0.717, 1.165) is 38.1 Å². The van der Waals surface area contributed by atoms with Crippen LogP contribution >= 0.6 is 0 Å². The molecule has 5 nitrogen and oxygen atoms in total. The van der Waals surface area contributed by atoms with Crippen LogP contribution in [-0.2, 0) is 0 Å². The standard InChI is InChI=1S/C23H30FN3O2.H2/c1-4-5-14-29-20-9-6-17(7-10-20)23(28)26(3)19-8-11-22(21(24)15-19)27-13-12-18(16-27)25-2;/h6-11,15,18,25H,4-5,12-14,16H2,1-3H3;1H. The van der Waals surface area contributed by atoms with Gasteiger partial charge in [-0.2, -0.15) is 0 Å². The van der Waals surface area contributed by atoms with Gasteiger partial charge in [0.1, 0.15) is 11.6 Å². The molecule has 0 spiro atoms. The van der Waals surface area contributed by atoms with Crippen LogP contribution < -0.4 is 19.9 Å². The Bertz CT molecular complexity index is 832. The maximum Gasteiger partial charge on any atom is 0.258 e. The number of anilines is 2. The second-order valence-corrected chi connectivity index (χ2v) is 7.45. The number of halogens is 1. The quantitative estimate of drug-likeness (QED) is 0.669. The summed E-state index contributed by atoms with van der Waals surface area (Å²) in [5.74, 6) is 0.255. The van der Waals surface area contributed by atoms with Crippen molar-refractivity contribution in [1.29, 1.82) is 0 Å². The number of ether oxygens (including phenoxy) is 1. The Hall–Kier alpha value is -2.60. The summed E-state index contributed by atoms with van der Waals surface area (Å²) < 4.78 is 20.4. The van der Waals surface area contributed by atoms with Crippen LogP contribution in [0.1, 0.15) is 38.0 Å². The highest BCUT2D eigenvalue weighted by Gasteiger charge is 2.24. The van der Waals surface area contributed by atoms with Crippen molar-refractivity contribution in [3.8, 4) is 5.75 Å². The SMILES string of the molecule is CCCCOc1ccc(C(=O)N(C)c2ccc(N3CCC(NC)C3)c(F)c2)cc1.[HH]. The van der Waals surface area contributed by atoms with E-state index < -0.39 is 0 Å². The molecule has 29 heavy (non-hydrogen) atoms. The summed E-state index contributed by atoms with van der Waals surface area (Å²) in [6.07, 6.45) is 3.07. The van der Waals surface area contributed by atoms with E-state index >= 15 is 0 Å². The molecule has 1 heterocycles. The van der Waals surface area contributed by atoms with Gasteiger partial charge in [0, 0.05) is 38.9 Å². The summed E-state index contributed by atoms with van der Waals surface area (Å²) in [4.78, 5) is 16.3. The van der Waals surface area contributed by atoms with Gasteiger partial charge in [0.2, 0.25) is 0 Å². The fourth-order valence-corrected chi connectivity index (χ4v) is 3.51. The number of amides is 1. The first kappa shape index (κ1) is 21.1. The number of carbonyl (C=O) groups excluding carboxylic acids is 1. The molecule has 0 radical (unpaired) electrons. The fraction of sp³-hybridized carbons (Fsp3) is 0.435. The number of unbranched alkanes of at least 4 members (excludes halogenated alkanes) is 1. The van der Waals surface area contributed by atoms with Crippen molar-refractivity contribution in [3.63, 3.8) is 0 Å². The van der Waals surface area contributed by atoms with E-state index in [2.05, 4.69) is 12.2 Å². The highest BCUT2D eigenvalue weighted by atomic mass is 19.1. The van der Waals surface area contributed by atoms with E-state index in [-0.39, 0.29) is 13.2 Å². The van der Waals surface area contributed by atoms with Gasteiger partial charge < -0.3 is 19.9 Å². The number of nitrogens with zero attached hydrogens (tertiary/aromatic N) is 2. The zero-order valence-corrected chi connectivity index (χ0v) is 17.5. The second kappa shape index (κ2) is 9.74. The van der Waals surface area contributed by atoms with Crippen molar-refractivity contribution in [2.45, 2.75) is 32.2 Å². The van der Waals surface area contributed by atoms with Crippen LogP contribution in [0.2, 0.25) is 0 Å². The molecular weight excluding hydrogens is 369 g/mol. The number of nitrogens with one attached hydrogen (secondary N) is 1. The van der Waals surface area contributed by atoms with Crippen molar-refractivity contribution >= 4 is 17.3 Å². The average molecular weight is 402 g/mol. The van der Waals surface area contributed by atoms with E-state index in [9.17, 15) is 9.18 Å². The predicted molar refractivity (Wildman–Crippen MR) is 118 cm³/mol. The van der Waals surface area contributed by atoms with Gasteiger partial charge in [0.15, 0.2) is 0 Å². The first-order valence-electron chi connectivity index (χ1n) is 10.3. The number of carbonyl (C=O) groups is 1. The number of rotatable bonds is 8. The molecule has 1 amide bonds. The van der Waals surface area contributed by atoms with E-state index in [4.69, 9.17) is 4.74 Å². The van der Waals surface area contributed by atoms with E-state index in [1.807, 2.05) is 11.9 Å². The normalized spacial score (nSPS) is 16.1. The molecule has 0 aliphatic carbocycles. The molecule has 6 heteroatoms. The zero-order chi connectivity index (χ0) is 20.8. The molecule has 158 valence electrons. The van der Waals surface area contributed by atoms with Crippen molar-refractivity contribution in [2.75, 3.05) is 43.6 Å². The van der Waals surface area contributed by atoms with Crippen molar-refractivity contribution in [3.05, 3.63) is 53.8 Å². The summed E-state index contributed by atoms with van der Waals surface area (Å²) in [5.41, 5.74) is 1.65. The maximum absolute atomic E-state index is 14.7. The lowest BCUT2D eigenvalue weighted by molar-refractivity contribution is 0.0993. The van der Waals surface area contributed by atoms with Crippen LogP contribution in [0.5, 0.6) is 5.75 Å². The Labute approximate surface area is 173 Å². The largest absolute Gasteiger partial charge is 0.494 e. The summed E-state index contributed by atoms with van der Waals surface area (Å²) in [5, 5.41) is 3.24. The lowest BCUT2D eigenvalue weighted by atomic mass is 10.1. The predicted octanol–water partition coefficient (Wildman–Crippen LogP) is 4.33. The monoisotopic (exact) mass is 401 g/mol. The van der Waals surface area contributed by atoms with Gasteiger partial charge in [-0.25, -0.2) is 4.39 Å². The molecule has 1 atom stereocenters. The average Bonchev–Trinajstić information content (AvgIpc) is 3.22. The minimum absolute atomic E-state index is 0. The van der Waals surface area contributed by atoms with Crippen LogP contribution in [0, 0.1) is 5.82 Å². The maximum atomic E-state index is 14.7. The molecule has 1 N–H and O–H groups in total. The number of hydrogen-bond donors (Lipinski definition) is 1. The van der Waals surface area contributed by atoms with Crippen LogP contribution in [0.15, 0.2) is 42.5 Å². The topological polar surface area (TPSA) is 44.8 Å². The Balaban J connectivity index is 0.00000320. The first-order valence-corrected chi connectivity index (χ1v) is 10.3. The summed E-state index contributed by atoms with van der Waals surface area (Å²) in [6, 6.07) is 12.5. The molecule has 1 saturated heterocycles. The Morgan fingerprint density at radius 3 is 2.69 bits per heavy atom. The lowest BCUT2D eigenvalue weighted by Crippen LogP contribution is -2.30. The van der Waals surface area contributed by atoms with Crippen molar-refractivity contribution in [1.82, 2.24) is 5.32 Å². The molecule has 1 unspecified atom stereocenters. The summed E-state index contributed by atoms with van der Waals surface area (Å²) in [7, 11) is 3.59. The van der Waals surface area contributed by atoms with Crippen molar-refractivity contribution < 1.29 is 15.3 Å². The molecule has 2 aromatic carbocycles. The molecule has 0 saturated carbocycles. The van der Waals surface area contributed by atoms with Crippen LogP contribution in [0.3, 0.4) is 0 Å². The zero-order valence-electron chi connectivity index (χ0n) is 17.5. The smallest absolute Gasteiger partial charge is 0.258 e. The Kier molecular flexibility index (Phi) is 7.09. The third kappa shape index (κ3) is 5.07. The Morgan fingerprint density at radius 2 is 2.07 bits per heavy atom. The van der Waals surface area contributed by atoms with Gasteiger partial charge >= 0.3 is 0 Å². The third-order valence-electron chi connectivity index (χ3n) is 5.43. The molecule has 0 aromatic heterocycles. The molecule has 0 bridgehead atoms. The highest BCUT2D eigenvalue weighted by Crippen LogP contribution is 2.28. The molecule has 2 aromatic rings. The molecule has 1 aliphatic heterocycles. The first-order chi connectivity index (χ1) is 14.0. The molecule has 3 rings (SSSR count). The second-order valence-electron chi connectivity index (χ2n) is 7.45. The highest BCUT2D eigenvalue weighted by molar-refractivity contribution is 6.05. The van der Waals surface area contributed by atoms with Crippen LogP contribution in [-0.4, -0.2) is 45.7 Å². The number of likely N-dealkylation sites (N-methyl/N-ethyl adjacent to an activating group) is 1. The molecular formula is C23H32FN3O2. The van der Waals surface area contributed by atoms with E-state index in [1.54, 1.807) is 43.4 Å². The Morgan fingerprint density at radius 1 is 1.31 bits per heavy atom. The van der Waals surface area contributed by atoms with Crippen molar-refractivity contribution in [2.24, 2.45) is 0 Å². The fourth-order valence-electron chi connectivity index (χ4n) is 3.51. The van der Waals surface area contributed by atoms with Crippen LogP contribution in [0.4, 0.5) is 15.8 Å². The number of hydrogen-bond acceptors (Lipinski definition) is 4. The van der Waals surface area contributed by atoms with Crippen LogP contribution in [0.25, 0.3) is 0 Å². The third-order valence-corrected chi connectivity index (χ3v) is 5.43. The molecule has 1 aliphatic rings. The van der Waals surface area contributed by atoms with Gasteiger partial charge in [0.25, 0.3) is 5.91 Å². The minimum Gasteiger partial charge on any atom is -0.494 e. The summed E-state index contributed by atoms with van der Waals surface area (Å²) >= 11 is 0. The molecule has 1 fully saturated rings. The lowest BCUT2D eigenvalue weighted by Gasteiger charge is -2.22. The van der Waals surface area contributed by atoms with Gasteiger partial charge in [-0.1, -0.05) is 13.3 Å². The van der Waals surface area contributed by atoms with E-state index in [0.29, 0.717) is 29.6 Å². The van der Waals surface area contributed by atoms with Gasteiger partial charge in [-0.05, 0) is 62.4 Å². The van der Waals surface area contributed by atoms with E-state index in [1.165, 1.54) is 11.0 Å². The number of benzene rings is 2. The van der Waals surface area contributed by atoms with Gasteiger partial charge in [-0.3, -0.25) is 4.79 Å². The van der Waals surface area contributed by atoms with Gasteiger partial charge in [-0.15, -0.1) is 0 Å². The van der Waals surface area contributed by atoms with Gasteiger partial charge in [0.05, 0.1) is 12.3 Å². The summed E-state index contributed by atoms with van der Waals surface area (Å²) in [6.45, 7) is 4.39.